The molecule has 1 nitrogen and oxygen atoms in total. The van der Waals surface area contributed by atoms with Crippen LogP contribution in [0.15, 0.2) is 23.7 Å². The first-order chi connectivity index (χ1) is 9.24. The molecule has 0 aliphatic heterocycles. The average Bonchev–Trinajstić information content (AvgIpc) is 3.02. The normalized spacial score (nSPS) is 23.3. The largest absolute Gasteiger partial charge is 0.473 e. The van der Waals surface area contributed by atoms with Crippen LogP contribution < -0.4 is 0 Å². The van der Waals surface area contributed by atoms with Crippen molar-refractivity contribution in [1.29, 1.82) is 0 Å². The summed E-state index contributed by atoms with van der Waals surface area (Å²) in [5.74, 6) is 1.84. The second-order valence-electron chi connectivity index (χ2n) is 6.77. The fourth-order valence-corrected chi connectivity index (χ4v) is 3.70. The van der Waals surface area contributed by atoms with Gasteiger partial charge in [-0.05, 0) is 49.7 Å². The predicted octanol–water partition coefficient (Wildman–Crippen LogP) is 5.97. The smallest absolute Gasteiger partial charge is 0.0890 e. The van der Waals surface area contributed by atoms with Crippen LogP contribution >= 0.6 is 0 Å². The highest BCUT2D eigenvalue weighted by atomic mass is 16.5. The van der Waals surface area contributed by atoms with Gasteiger partial charge in [-0.1, -0.05) is 51.4 Å². The Morgan fingerprint density at radius 3 is 1.53 bits per heavy atom. The van der Waals surface area contributed by atoms with Gasteiger partial charge in [0.05, 0.1) is 12.5 Å². The van der Waals surface area contributed by atoms with Crippen LogP contribution in [-0.2, 0) is 4.74 Å². The zero-order chi connectivity index (χ0) is 13.5. The molecule has 1 heteroatoms. The van der Waals surface area contributed by atoms with Crippen molar-refractivity contribution in [2.75, 3.05) is 0 Å². The monoisotopic (exact) mass is 262 g/mol. The van der Waals surface area contributed by atoms with E-state index in [9.17, 15) is 0 Å². The molecule has 0 aromatic heterocycles. The molecular formula is C18H30O. The molecule has 2 saturated carbocycles. The van der Waals surface area contributed by atoms with Crippen molar-refractivity contribution in [2.24, 2.45) is 11.8 Å². The number of allylic oxidation sites excluding steroid dienone is 2. The van der Waals surface area contributed by atoms with Gasteiger partial charge in [-0.2, -0.15) is 0 Å². The van der Waals surface area contributed by atoms with E-state index in [4.69, 9.17) is 4.74 Å². The second-order valence-corrected chi connectivity index (χ2v) is 6.77. The van der Waals surface area contributed by atoms with Crippen molar-refractivity contribution >= 4 is 0 Å². The molecule has 0 saturated heterocycles. The summed E-state index contributed by atoms with van der Waals surface area (Å²) >= 11 is 0. The molecule has 108 valence electrons. The lowest BCUT2D eigenvalue weighted by Crippen LogP contribution is -1.95. The van der Waals surface area contributed by atoms with E-state index in [-0.39, 0.29) is 0 Å². The Bertz CT molecular complexity index is 283. The van der Waals surface area contributed by atoms with E-state index >= 15 is 0 Å². The first-order valence-corrected chi connectivity index (χ1v) is 8.21. The Labute approximate surface area is 119 Å². The van der Waals surface area contributed by atoms with Crippen LogP contribution in [0, 0.1) is 11.8 Å². The van der Waals surface area contributed by atoms with Crippen molar-refractivity contribution in [1.82, 2.24) is 0 Å². The maximum absolute atomic E-state index is 5.65. The van der Waals surface area contributed by atoms with Crippen LogP contribution in [0.3, 0.4) is 0 Å². The molecule has 0 unspecified atom stereocenters. The van der Waals surface area contributed by atoms with Gasteiger partial charge in [0.15, 0.2) is 0 Å². The van der Waals surface area contributed by atoms with Gasteiger partial charge in [-0.15, -0.1) is 0 Å². The minimum atomic E-state index is 0.920. The Morgan fingerprint density at radius 1 is 0.789 bits per heavy atom. The molecule has 0 aromatic rings. The summed E-state index contributed by atoms with van der Waals surface area (Å²) in [4.78, 5) is 0. The van der Waals surface area contributed by atoms with Gasteiger partial charge in [-0.3, -0.25) is 0 Å². The summed E-state index contributed by atoms with van der Waals surface area (Å²) in [6.07, 6.45) is 17.8. The van der Waals surface area contributed by atoms with Crippen molar-refractivity contribution in [2.45, 2.75) is 78.1 Å². The lowest BCUT2D eigenvalue weighted by atomic mass is 9.99. The molecule has 2 rings (SSSR count). The Balaban J connectivity index is 1.67. The summed E-state index contributed by atoms with van der Waals surface area (Å²) in [7, 11) is 0. The van der Waals surface area contributed by atoms with Gasteiger partial charge in [0, 0.05) is 0 Å². The third kappa shape index (κ3) is 5.42. The van der Waals surface area contributed by atoms with Crippen LogP contribution in [-0.4, -0.2) is 0 Å². The van der Waals surface area contributed by atoms with Crippen molar-refractivity contribution in [3.05, 3.63) is 23.7 Å². The van der Waals surface area contributed by atoms with Gasteiger partial charge in [0.25, 0.3) is 0 Å². The molecule has 0 aromatic carbocycles. The highest BCUT2D eigenvalue weighted by Gasteiger charge is 2.16. The van der Waals surface area contributed by atoms with Crippen LogP contribution in [0.1, 0.15) is 78.1 Å². The lowest BCUT2D eigenvalue weighted by molar-refractivity contribution is 0.381. The molecule has 0 N–H and O–H groups in total. The SMILES string of the molecule is CC(=COC=C(C)CC1CCCC1)CC1CCCC1. The van der Waals surface area contributed by atoms with E-state index in [0.717, 1.165) is 11.8 Å². The Kier molecular flexibility index (Phi) is 6.00. The molecule has 2 aliphatic carbocycles. The summed E-state index contributed by atoms with van der Waals surface area (Å²) in [5.41, 5.74) is 2.80. The second kappa shape index (κ2) is 7.77. The summed E-state index contributed by atoms with van der Waals surface area (Å²) in [6, 6.07) is 0. The quantitative estimate of drug-likeness (QED) is 0.536. The standard InChI is InChI=1S/C18H30O/c1-15(11-17-7-3-4-8-17)13-19-14-16(2)12-18-9-5-6-10-18/h13-14,17-18H,3-12H2,1-2H3. The third-order valence-corrected chi connectivity index (χ3v) is 4.71. The fourth-order valence-electron chi connectivity index (χ4n) is 3.70. The van der Waals surface area contributed by atoms with Crippen LogP contribution in [0.5, 0.6) is 0 Å². The molecule has 0 spiro atoms. The van der Waals surface area contributed by atoms with E-state index < -0.39 is 0 Å². The van der Waals surface area contributed by atoms with Crippen molar-refractivity contribution in [3.8, 4) is 0 Å². The Hall–Kier alpha value is -0.720. The van der Waals surface area contributed by atoms with E-state index in [2.05, 4.69) is 13.8 Å². The van der Waals surface area contributed by atoms with Gasteiger partial charge >= 0.3 is 0 Å². The first kappa shape index (κ1) is 14.7. The molecular weight excluding hydrogens is 232 g/mol. The summed E-state index contributed by atoms with van der Waals surface area (Å²) in [5, 5.41) is 0. The van der Waals surface area contributed by atoms with Gasteiger partial charge in [-0.25, -0.2) is 0 Å². The molecule has 2 aliphatic rings. The molecule has 0 bridgehead atoms. The van der Waals surface area contributed by atoms with Gasteiger partial charge < -0.3 is 4.74 Å². The molecule has 2 fully saturated rings. The van der Waals surface area contributed by atoms with Crippen LogP contribution in [0.4, 0.5) is 0 Å². The van der Waals surface area contributed by atoms with Gasteiger partial charge in [0.1, 0.15) is 0 Å². The summed E-state index contributed by atoms with van der Waals surface area (Å²) < 4.78 is 5.65. The predicted molar refractivity (Wildman–Crippen MR) is 81.7 cm³/mol. The van der Waals surface area contributed by atoms with Crippen molar-refractivity contribution < 1.29 is 4.74 Å². The number of ether oxygens (including phenoxy) is 1. The minimum Gasteiger partial charge on any atom is -0.473 e. The van der Waals surface area contributed by atoms with Gasteiger partial charge in [0.2, 0.25) is 0 Å². The number of hydrogen-bond donors (Lipinski definition) is 0. The average molecular weight is 262 g/mol. The maximum atomic E-state index is 5.65. The molecule has 0 radical (unpaired) electrons. The van der Waals surface area contributed by atoms with Crippen molar-refractivity contribution in [3.63, 3.8) is 0 Å². The van der Waals surface area contributed by atoms with E-state index in [0.29, 0.717) is 0 Å². The highest BCUT2D eigenvalue weighted by molar-refractivity contribution is 5.00. The third-order valence-electron chi connectivity index (χ3n) is 4.71. The zero-order valence-corrected chi connectivity index (χ0v) is 12.8. The van der Waals surface area contributed by atoms with Crippen LogP contribution in [0.2, 0.25) is 0 Å². The maximum Gasteiger partial charge on any atom is 0.0890 e. The molecule has 19 heavy (non-hydrogen) atoms. The number of hydrogen-bond acceptors (Lipinski definition) is 1. The lowest BCUT2D eigenvalue weighted by Gasteiger charge is -2.10. The topological polar surface area (TPSA) is 9.23 Å². The number of rotatable bonds is 6. The highest BCUT2D eigenvalue weighted by Crippen LogP contribution is 2.31. The molecule has 0 atom stereocenters. The Morgan fingerprint density at radius 2 is 1.16 bits per heavy atom. The minimum absolute atomic E-state index is 0.920. The summed E-state index contributed by atoms with van der Waals surface area (Å²) in [6.45, 7) is 4.41. The molecule has 0 amide bonds. The first-order valence-electron chi connectivity index (χ1n) is 8.21. The molecule has 0 heterocycles. The van der Waals surface area contributed by atoms with E-state index in [1.165, 1.54) is 75.4 Å². The van der Waals surface area contributed by atoms with E-state index in [1.54, 1.807) is 0 Å². The van der Waals surface area contributed by atoms with E-state index in [1.807, 2.05) is 12.5 Å². The zero-order valence-electron chi connectivity index (χ0n) is 12.8. The fraction of sp³-hybridized carbons (Fsp3) is 0.778. The van der Waals surface area contributed by atoms with Crippen LogP contribution in [0.25, 0.3) is 0 Å².